The van der Waals surface area contributed by atoms with Crippen LogP contribution >= 0.6 is 63.0 Å². The third-order valence-electron chi connectivity index (χ3n) is 2.60. The van der Waals surface area contributed by atoms with E-state index < -0.39 is 9.96 Å². The van der Waals surface area contributed by atoms with E-state index in [1.54, 1.807) is 0 Å². The maximum Gasteiger partial charge on any atom is 0.228 e. The van der Waals surface area contributed by atoms with Gasteiger partial charge in [-0.3, -0.25) is 4.79 Å². The number of alkyl halides is 3. The summed E-state index contributed by atoms with van der Waals surface area (Å²) in [6.45, 7) is 3.86. The first-order chi connectivity index (χ1) is 10.6. The Morgan fingerprint density at radius 1 is 1.22 bits per heavy atom. The number of halogens is 4. The molecule has 0 radical (unpaired) electrons. The number of benzene rings is 1. The Morgan fingerprint density at radius 3 is 2.26 bits per heavy atom. The van der Waals surface area contributed by atoms with Crippen LogP contribution in [0, 0.1) is 5.92 Å². The van der Waals surface area contributed by atoms with Crippen molar-refractivity contribution < 1.29 is 4.79 Å². The van der Waals surface area contributed by atoms with Gasteiger partial charge in [0.2, 0.25) is 9.70 Å². The summed E-state index contributed by atoms with van der Waals surface area (Å²) < 4.78 is -0.806. The molecule has 0 aliphatic heterocycles. The summed E-state index contributed by atoms with van der Waals surface area (Å²) in [7, 11) is 0. The molecule has 0 saturated heterocycles. The van der Waals surface area contributed by atoms with Crippen molar-refractivity contribution in [1.29, 1.82) is 0 Å². The SMILES string of the molecule is CC(C)CC(=O)NC(NC(=S)Nc1ccc(Br)cc1)C(Cl)(Cl)Cl. The van der Waals surface area contributed by atoms with Gasteiger partial charge >= 0.3 is 0 Å². The molecule has 0 heterocycles. The molecule has 0 spiro atoms. The van der Waals surface area contributed by atoms with Gasteiger partial charge < -0.3 is 16.0 Å². The Labute approximate surface area is 164 Å². The Hall–Kier alpha value is -0.270. The lowest BCUT2D eigenvalue weighted by molar-refractivity contribution is -0.122. The van der Waals surface area contributed by atoms with Crippen LogP contribution in [0.4, 0.5) is 5.69 Å². The Balaban J connectivity index is 2.67. The molecule has 9 heteroatoms. The summed E-state index contributed by atoms with van der Waals surface area (Å²) >= 11 is 26.3. The van der Waals surface area contributed by atoms with E-state index in [1.165, 1.54) is 0 Å². The first-order valence-corrected chi connectivity index (χ1v) is 9.10. The first-order valence-electron chi connectivity index (χ1n) is 6.77. The van der Waals surface area contributed by atoms with Gasteiger partial charge in [0.15, 0.2) is 5.11 Å². The molecule has 23 heavy (non-hydrogen) atoms. The summed E-state index contributed by atoms with van der Waals surface area (Å²) in [5.74, 6) is -0.0332. The molecule has 0 aliphatic carbocycles. The highest BCUT2D eigenvalue weighted by molar-refractivity contribution is 9.10. The molecule has 3 N–H and O–H groups in total. The third-order valence-corrected chi connectivity index (χ3v) is 4.01. The van der Waals surface area contributed by atoms with Crippen molar-refractivity contribution in [3.05, 3.63) is 28.7 Å². The lowest BCUT2D eigenvalue weighted by Crippen LogP contribution is -2.56. The number of carbonyl (C=O) groups excluding carboxylic acids is 1. The second-order valence-electron chi connectivity index (χ2n) is 5.25. The maximum atomic E-state index is 11.9. The van der Waals surface area contributed by atoms with E-state index in [4.69, 9.17) is 47.0 Å². The second kappa shape index (κ2) is 9.28. The number of nitrogens with one attached hydrogen (secondary N) is 3. The zero-order chi connectivity index (χ0) is 17.6. The zero-order valence-corrected chi connectivity index (χ0v) is 17.2. The highest BCUT2D eigenvalue weighted by Gasteiger charge is 2.34. The number of rotatable bonds is 5. The smallest absolute Gasteiger partial charge is 0.228 e. The summed E-state index contributed by atoms with van der Waals surface area (Å²) in [5.41, 5.74) is 0.766. The van der Waals surface area contributed by atoms with Gasteiger partial charge in [0.1, 0.15) is 6.17 Å². The molecule has 1 atom stereocenters. The summed E-state index contributed by atoms with van der Waals surface area (Å²) in [6.07, 6.45) is -0.625. The molecular weight excluding hydrogens is 445 g/mol. The molecule has 0 saturated carbocycles. The van der Waals surface area contributed by atoms with Crippen LogP contribution in [-0.2, 0) is 4.79 Å². The average Bonchev–Trinajstić information content (AvgIpc) is 2.38. The van der Waals surface area contributed by atoms with Gasteiger partial charge in [-0.2, -0.15) is 0 Å². The lowest BCUT2D eigenvalue weighted by Gasteiger charge is -2.28. The van der Waals surface area contributed by atoms with E-state index >= 15 is 0 Å². The summed E-state index contributed by atoms with van der Waals surface area (Å²) in [5, 5.41) is 8.63. The standard InChI is InChI=1S/C14H17BrCl3N3OS/c1-8(2)7-11(22)20-12(14(16,17)18)21-13(23)19-10-5-3-9(15)4-6-10/h3-6,8,12H,7H2,1-2H3,(H,20,22)(H2,19,21,23). The highest BCUT2D eigenvalue weighted by atomic mass is 79.9. The highest BCUT2D eigenvalue weighted by Crippen LogP contribution is 2.29. The predicted octanol–water partition coefficient (Wildman–Crippen LogP) is 4.59. The van der Waals surface area contributed by atoms with Gasteiger partial charge in [0.05, 0.1) is 0 Å². The van der Waals surface area contributed by atoms with E-state index in [0.29, 0.717) is 6.42 Å². The number of carbonyl (C=O) groups is 1. The van der Waals surface area contributed by atoms with Crippen LogP contribution in [0.25, 0.3) is 0 Å². The molecular formula is C14H17BrCl3N3OS. The normalized spacial score (nSPS) is 12.7. The van der Waals surface area contributed by atoms with Gasteiger partial charge in [0.25, 0.3) is 0 Å². The van der Waals surface area contributed by atoms with Crippen molar-refractivity contribution >= 4 is 79.7 Å². The number of hydrogen-bond acceptors (Lipinski definition) is 2. The monoisotopic (exact) mass is 459 g/mol. The second-order valence-corrected chi connectivity index (χ2v) is 8.94. The third kappa shape index (κ3) is 8.40. The van der Waals surface area contributed by atoms with Crippen LogP contribution in [-0.4, -0.2) is 21.0 Å². The predicted molar refractivity (Wildman–Crippen MR) is 105 cm³/mol. The van der Waals surface area contributed by atoms with Crippen molar-refractivity contribution in [2.45, 2.75) is 30.2 Å². The van der Waals surface area contributed by atoms with E-state index in [9.17, 15) is 4.79 Å². The lowest BCUT2D eigenvalue weighted by atomic mass is 10.1. The van der Waals surface area contributed by atoms with E-state index in [1.807, 2.05) is 38.1 Å². The van der Waals surface area contributed by atoms with Crippen LogP contribution in [0.5, 0.6) is 0 Å². The fourth-order valence-electron chi connectivity index (χ4n) is 1.62. The van der Waals surface area contributed by atoms with Crippen molar-refractivity contribution in [3.8, 4) is 0 Å². The van der Waals surface area contributed by atoms with Crippen LogP contribution in [0.2, 0.25) is 0 Å². The topological polar surface area (TPSA) is 53.2 Å². The number of hydrogen-bond donors (Lipinski definition) is 3. The number of anilines is 1. The fraction of sp³-hybridized carbons (Fsp3) is 0.429. The Bertz CT molecular complexity index is 549. The molecule has 1 aromatic rings. The molecule has 128 valence electrons. The van der Waals surface area contributed by atoms with Crippen molar-refractivity contribution in [2.75, 3.05) is 5.32 Å². The quantitative estimate of drug-likeness (QED) is 0.341. The van der Waals surface area contributed by atoms with Crippen molar-refractivity contribution in [2.24, 2.45) is 5.92 Å². The largest absolute Gasteiger partial charge is 0.339 e. The van der Waals surface area contributed by atoms with Gasteiger partial charge in [-0.1, -0.05) is 64.6 Å². The molecule has 4 nitrogen and oxygen atoms in total. The minimum atomic E-state index is -1.75. The zero-order valence-electron chi connectivity index (χ0n) is 12.5. The Kier molecular flexibility index (Phi) is 8.38. The fourth-order valence-corrected chi connectivity index (χ4v) is 2.45. The number of amides is 1. The van der Waals surface area contributed by atoms with Crippen LogP contribution in [0.3, 0.4) is 0 Å². The molecule has 1 rings (SSSR count). The maximum absolute atomic E-state index is 11.9. The molecule has 0 fully saturated rings. The minimum Gasteiger partial charge on any atom is -0.339 e. The molecule has 0 aliphatic rings. The van der Waals surface area contributed by atoms with E-state index in [2.05, 4.69) is 31.9 Å². The van der Waals surface area contributed by atoms with Crippen LogP contribution in [0.1, 0.15) is 20.3 Å². The molecule has 1 unspecified atom stereocenters. The Morgan fingerprint density at radius 2 is 1.78 bits per heavy atom. The van der Waals surface area contributed by atoms with Gasteiger partial charge in [-0.25, -0.2) is 0 Å². The summed E-state index contributed by atoms with van der Waals surface area (Å²) in [6, 6.07) is 7.39. The molecule has 1 aromatic carbocycles. The van der Waals surface area contributed by atoms with Gasteiger partial charge in [-0.15, -0.1) is 0 Å². The van der Waals surface area contributed by atoms with Crippen LogP contribution in [0.15, 0.2) is 28.7 Å². The van der Waals surface area contributed by atoms with Gasteiger partial charge in [-0.05, 0) is 42.4 Å². The van der Waals surface area contributed by atoms with Crippen LogP contribution < -0.4 is 16.0 Å². The minimum absolute atomic E-state index is 0.193. The van der Waals surface area contributed by atoms with Crippen molar-refractivity contribution in [1.82, 2.24) is 10.6 Å². The molecule has 0 bridgehead atoms. The molecule has 0 aromatic heterocycles. The van der Waals surface area contributed by atoms with E-state index in [0.717, 1.165) is 10.2 Å². The molecule has 1 amide bonds. The average molecular weight is 462 g/mol. The van der Waals surface area contributed by atoms with Gasteiger partial charge in [0, 0.05) is 16.6 Å². The first kappa shape index (κ1) is 20.8. The van der Waals surface area contributed by atoms with Crippen molar-refractivity contribution in [3.63, 3.8) is 0 Å². The summed E-state index contributed by atoms with van der Waals surface area (Å²) in [4.78, 5) is 11.9. The van der Waals surface area contributed by atoms with E-state index in [-0.39, 0.29) is 16.9 Å². The number of thiocarbonyl (C=S) groups is 1.